The van der Waals surface area contributed by atoms with E-state index in [2.05, 4.69) is 7.05 Å². The van der Waals surface area contributed by atoms with E-state index in [0.29, 0.717) is 17.6 Å². The van der Waals surface area contributed by atoms with E-state index in [4.69, 9.17) is 4.74 Å². The van der Waals surface area contributed by atoms with Crippen LogP contribution in [0.3, 0.4) is 0 Å². The summed E-state index contributed by atoms with van der Waals surface area (Å²) in [6, 6.07) is 10.7. The summed E-state index contributed by atoms with van der Waals surface area (Å²) in [5, 5.41) is 0. The van der Waals surface area contributed by atoms with Crippen LogP contribution in [0.1, 0.15) is 36.0 Å². The predicted molar refractivity (Wildman–Crippen MR) is 68.6 cm³/mol. The van der Waals surface area contributed by atoms with Gasteiger partial charge < -0.3 is 9.64 Å². The average Bonchev–Trinajstić information content (AvgIpc) is 2.63. The molecule has 0 spiro atoms. The van der Waals surface area contributed by atoms with Gasteiger partial charge in [-0.05, 0) is 12.1 Å². The number of quaternary nitrogens is 1. The van der Waals surface area contributed by atoms with Gasteiger partial charge in [-0.2, -0.15) is 0 Å². The standard InChI is InChI=1S/C15H19NO2/c1-16-12-7-8-13(16)10-14(9-12)18-15(17)11-5-3-2-4-6-11/h2-6,12-14H,7-10H2,1H3/p+1/t12-,13+,14?. The van der Waals surface area contributed by atoms with Gasteiger partial charge in [0.25, 0.3) is 0 Å². The number of hydrogen-bond acceptors (Lipinski definition) is 2. The van der Waals surface area contributed by atoms with Crippen LogP contribution in [0.2, 0.25) is 0 Å². The molecule has 1 aromatic carbocycles. The Hall–Kier alpha value is -1.35. The van der Waals surface area contributed by atoms with Gasteiger partial charge in [-0.25, -0.2) is 4.79 Å². The molecule has 0 saturated carbocycles. The Morgan fingerprint density at radius 3 is 2.39 bits per heavy atom. The quantitative estimate of drug-likeness (QED) is 0.791. The van der Waals surface area contributed by atoms with Crippen LogP contribution < -0.4 is 4.90 Å². The zero-order chi connectivity index (χ0) is 12.5. The summed E-state index contributed by atoms with van der Waals surface area (Å²) in [5.74, 6) is -0.167. The summed E-state index contributed by atoms with van der Waals surface area (Å²) < 4.78 is 5.65. The molecule has 3 nitrogen and oxygen atoms in total. The first-order chi connectivity index (χ1) is 8.74. The largest absolute Gasteiger partial charge is 0.458 e. The second kappa shape index (κ2) is 4.73. The summed E-state index contributed by atoms with van der Waals surface area (Å²) in [4.78, 5) is 13.6. The molecule has 2 fully saturated rings. The maximum Gasteiger partial charge on any atom is 0.338 e. The van der Waals surface area contributed by atoms with Crippen LogP contribution in [-0.4, -0.2) is 31.2 Å². The highest BCUT2D eigenvalue weighted by atomic mass is 16.5. The molecule has 1 aromatic rings. The number of rotatable bonds is 2. The van der Waals surface area contributed by atoms with Gasteiger partial charge in [-0.3, -0.25) is 0 Å². The molecule has 18 heavy (non-hydrogen) atoms. The molecule has 4 atom stereocenters. The van der Waals surface area contributed by atoms with Crippen molar-refractivity contribution in [3.05, 3.63) is 35.9 Å². The molecule has 96 valence electrons. The van der Waals surface area contributed by atoms with E-state index in [1.165, 1.54) is 12.8 Å². The van der Waals surface area contributed by atoms with Crippen LogP contribution in [0.25, 0.3) is 0 Å². The number of benzene rings is 1. The Balaban J connectivity index is 1.63. The number of nitrogens with one attached hydrogen (secondary N) is 1. The van der Waals surface area contributed by atoms with Crippen molar-refractivity contribution in [1.82, 2.24) is 0 Å². The number of fused-ring (bicyclic) bond motifs is 2. The lowest BCUT2D eigenvalue weighted by Crippen LogP contribution is -3.15. The maximum absolute atomic E-state index is 12.0. The molecular weight excluding hydrogens is 226 g/mol. The minimum atomic E-state index is -0.167. The van der Waals surface area contributed by atoms with Crippen molar-refractivity contribution in [3.8, 4) is 0 Å². The number of esters is 1. The van der Waals surface area contributed by atoms with Gasteiger partial charge in [0.1, 0.15) is 6.10 Å². The van der Waals surface area contributed by atoms with Gasteiger partial charge in [0, 0.05) is 25.7 Å². The van der Waals surface area contributed by atoms with Crippen LogP contribution in [0, 0.1) is 0 Å². The van der Waals surface area contributed by atoms with Crippen molar-refractivity contribution >= 4 is 5.97 Å². The number of carbonyl (C=O) groups excluding carboxylic acids is 1. The van der Waals surface area contributed by atoms with Crippen LogP contribution in [0.5, 0.6) is 0 Å². The van der Waals surface area contributed by atoms with E-state index >= 15 is 0 Å². The molecule has 3 heteroatoms. The molecule has 2 unspecified atom stereocenters. The third-order valence-corrected chi connectivity index (χ3v) is 4.53. The first-order valence-electron chi connectivity index (χ1n) is 6.83. The molecule has 2 heterocycles. The van der Waals surface area contributed by atoms with Gasteiger partial charge in [0.2, 0.25) is 0 Å². The lowest BCUT2D eigenvalue weighted by Gasteiger charge is -2.33. The Morgan fingerprint density at radius 2 is 1.78 bits per heavy atom. The fourth-order valence-electron chi connectivity index (χ4n) is 3.42. The zero-order valence-electron chi connectivity index (χ0n) is 10.8. The minimum absolute atomic E-state index is 0.124. The van der Waals surface area contributed by atoms with E-state index in [-0.39, 0.29) is 12.1 Å². The SMILES string of the molecule is C[NH+]1[C@@H]2CC[C@H]1CC(OC(=O)c1ccccc1)C2. The van der Waals surface area contributed by atoms with E-state index < -0.39 is 0 Å². The van der Waals surface area contributed by atoms with Gasteiger partial charge >= 0.3 is 5.97 Å². The summed E-state index contributed by atoms with van der Waals surface area (Å²) in [5.41, 5.74) is 0.663. The molecule has 3 rings (SSSR count). The highest BCUT2D eigenvalue weighted by molar-refractivity contribution is 5.89. The first-order valence-corrected chi connectivity index (χ1v) is 6.83. The second-order valence-corrected chi connectivity index (χ2v) is 5.58. The summed E-state index contributed by atoms with van der Waals surface area (Å²) in [7, 11) is 2.28. The van der Waals surface area contributed by atoms with Crippen LogP contribution >= 0.6 is 0 Å². The fourth-order valence-corrected chi connectivity index (χ4v) is 3.42. The maximum atomic E-state index is 12.0. The highest BCUT2D eigenvalue weighted by Crippen LogP contribution is 2.25. The Labute approximate surface area is 108 Å². The van der Waals surface area contributed by atoms with E-state index in [1.807, 2.05) is 30.3 Å². The molecular formula is C15H20NO2+. The third kappa shape index (κ3) is 2.15. The van der Waals surface area contributed by atoms with Gasteiger partial charge in [-0.1, -0.05) is 18.2 Å². The summed E-state index contributed by atoms with van der Waals surface area (Å²) >= 11 is 0. The second-order valence-electron chi connectivity index (χ2n) is 5.58. The molecule has 0 aromatic heterocycles. The van der Waals surface area contributed by atoms with E-state index in [0.717, 1.165) is 12.8 Å². The third-order valence-electron chi connectivity index (χ3n) is 4.53. The minimum Gasteiger partial charge on any atom is -0.458 e. The summed E-state index contributed by atoms with van der Waals surface area (Å²) in [6.07, 6.45) is 4.76. The predicted octanol–water partition coefficient (Wildman–Crippen LogP) is 1.05. The zero-order valence-corrected chi connectivity index (χ0v) is 10.8. The highest BCUT2D eigenvalue weighted by Gasteiger charge is 2.43. The van der Waals surface area contributed by atoms with Crippen molar-refractivity contribution < 1.29 is 14.4 Å². The van der Waals surface area contributed by atoms with Crippen molar-refractivity contribution in [2.45, 2.75) is 43.9 Å². The van der Waals surface area contributed by atoms with Gasteiger partial charge in [-0.15, -0.1) is 0 Å². The molecule has 0 radical (unpaired) electrons. The van der Waals surface area contributed by atoms with E-state index in [9.17, 15) is 4.79 Å². The van der Waals surface area contributed by atoms with Crippen molar-refractivity contribution in [3.63, 3.8) is 0 Å². The van der Waals surface area contributed by atoms with Crippen LogP contribution in [-0.2, 0) is 4.74 Å². The smallest absolute Gasteiger partial charge is 0.338 e. The van der Waals surface area contributed by atoms with Gasteiger partial charge in [0.15, 0.2) is 0 Å². The Bertz CT molecular complexity index is 417. The fraction of sp³-hybridized carbons (Fsp3) is 0.533. The van der Waals surface area contributed by atoms with E-state index in [1.54, 1.807) is 4.90 Å². The van der Waals surface area contributed by atoms with Crippen LogP contribution in [0.4, 0.5) is 0 Å². The molecule has 0 aliphatic carbocycles. The van der Waals surface area contributed by atoms with Crippen molar-refractivity contribution in [1.29, 1.82) is 0 Å². The lowest BCUT2D eigenvalue weighted by molar-refractivity contribution is -0.923. The number of piperidine rings is 1. The lowest BCUT2D eigenvalue weighted by atomic mass is 10.0. The summed E-state index contributed by atoms with van der Waals surface area (Å²) in [6.45, 7) is 0. The number of carbonyl (C=O) groups is 1. The van der Waals surface area contributed by atoms with Gasteiger partial charge in [0.05, 0.1) is 24.7 Å². The molecule has 0 amide bonds. The van der Waals surface area contributed by atoms with Crippen LogP contribution in [0.15, 0.2) is 30.3 Å². The molecule has 1 N–H and O–H groups in total. The van der Waals surface area contributed by atoms with Crippen molar-refractivity contribution in [2.24, 2.45) is 0 Å². The number of ether oxygens (including phenoxy) is 1. The number of hydrogen-bond donors (Lipinski definition) is 1. The first kappa shape index (κ1) is 11.7. The molecule has 2 saturated heterocycles. The normalized spacial score (nSPS) is 34.3. The van der Waals surface area contributed by atoms with Crippen molar-refractivity contribution in [2.75, 3.05) is 7.05 Å². The average molecular weight is 246 g/mol. The Morgan fingerprint density at radius 1 is 1.17 bits per heavy atom. The molecule has 2 aliphatic rings. The Kier molecular flexibility index (Phi) is 3.08. The molecule has 2 bridgehead atoms. The molecule has 2 aliphatic heterocycles. The topological polar surface area (TPSA) is 30.7 Å². The monoisotopic (exact) mass is 246 g/mol.